The third kappa shape index (κ3) is 2.45. The maximum absolute atomic E-state index is 10.7. The second kappa shape index (κ2) is 6.05. The molecule has 1 N–H and O–H groups in total. The van der Waals surface area contributed by atoms with Crippen LogP contribution in [0.1, 0.15) is 31.0 Å². The van der Waals surface area contributed by atoms with Crippen molar-refractivity contribution in [2.45, 2.75) is 19.9 Å². The lowest BCUT2D eigenvalue weighted by Crippen LogP contribution is -2.24. The van der Waals surface area contributed by atoms with Gasteiger partial charge in [0, 0.05) is 11.1 Å². The molecule has 2 aromatic carbocycles. The van der Waals surface area contributed by atoms with Crippen LogP contribution in [0.5, 0.6) is 11.5 Å². The average Bonchev–Trinajstić information content (AvgIpc) is 2.49. The predicted octanol–water partition coefficient (Wildman–Crippen LogP) is 3.65. The van der Waals surface area contributed by atoms with Crippen LogP contribution >= 0.6 is 0 Å². The van der Waals surface area contributed by atoms with Gasteiger partial charge in [-0.25, -0.2) is 0 Å². The van der Waals surface area contributed by atoms with Gasteiger partial charge in [0.1, 0.15) is 11.5 Å². The molecule has 3 heteroatoms. The lowest BCUT2D eigenvalue weighted by Gasteiger charge is -2.27. The van der Waals surface area contributed by atoms with Gasteiger partial charge in [0.15, 0.2) is 0 Å². The van der Waals surface area contributed by atoms with E-state index in [1.165, 1.54) is 0 Å². The fourth-order valence-corrected chi connectivity index (χ4v) is 2.16. The van der Waals surface area contributed by atoms with Crippen LogP contribution in [0, 0.1) is 0 Å². The van der Waals surface area contributed by atoms with Crippen molar-refractivity contribution in [3.63, 3.8) is 0 Å². The Morgan fingerprint density at radius 3 is 1.89 bits per heavy atom. The molecule has 0 saturated carbocycles. The number of ether oxygens (including phenoxy) is 1. The Hall–Kier alpha value is -2.29. The number of hydrogen-bond donors (Lipinski definition) is 1. The van der Waals surface area contributed by atoms with E-state index >= 15 is 0 Å². The minimum absolute atomic E-state index is 0.131. The highest BCUT2D eigenvalue weighted by Gasteiger charge is 2.25. The summed E-state index contributed by atoms with van der Waals surface area (Å²) in [6.07, 6.45) is 0.726. The van der Waals surface area contributed by atoms with E-state index in [0.29, 0.717) is 0 Å². The third-order valence-electron chi connectivity index (χ3n) is 2.91. The first-order chi connectivity index (χ1) is 9.40. The van der Waals surface area contributed by atoms with Gasteiger partial charge in [-0.05, 0) is 12.1 Å². The lowest BCUT2D eigenvalue weighted by atomic mass is 9.95. The summed E-state index contributed by atoms with van der Waals surface area (Å²) in [5.74, 6) is 1.59. The number of amides is 1. The summed E-state index contributed by atoms with van der Waals surface area (Å²) in [5.41, 5.74) is 1.97. The smallest absolute Gasteiger partial charge is 0.207 e. The molecular weight excluding hydrogens is 238 g/mol. The van der Waals surface area contributed by atoms with Gasteiger partial charge in [0.05, 0.1) is 6.04 Å². The normalized spacial score (nSPS) is 12.1. The lowest BCUT2D eigenvalue weighted by molar-refractivity contribution is -0.110. The zero-order chi connectivity index (χ0) is 13.7. The first kappa shape index (κ1) is 13.1. The third-order valence-corrected chi connectivity index (χ3v) is 2.91. The van der Waals surface area contributed by atoms with Crippen LogP contribution < -0.4 is 10.1 Å². The molecule has 1 amide bonds. The predicted molar refractivity (Wildman–Crippen MR) is 75.3 cm³/mol. The number of carbonyl (C=O) groups excluding carboxylic acids is 1. The van der Waals surface area contributed by atoms with Crippen molar-refractivity contribution in [1.29, 1.82) is 0 Å². The highest BCUT2D eigenvalue weighted by atomic mass is 16.5. The minimum Gasteiger partial charge on any atom is -0.457 e. The fourth-order valence-electron chi connectivity index (χ4n) is 2.16. The van der Waals surface area contributed by atoms with Crippen LogP contribution in [0.15, 0.2) is 48.5 Å². The standard InChI is InChI=1S/C14H11NO2.C2H6/c16-9-15-14-10-5-1-3-7-12(10)17-13-8-4-2-6-11(13)14;1-2/h1-9,14H,(H,15,16);1-2H3. The maximum atomic E-state index is 10.7. The molecule has 0 atom stereocenters. The molecule has 0 saturated heterocycles. The molecule has 1 aliphatic heterocycles. The summed E-state index contributed by atoms with van der Waals surface area (Å²) in [6.45, 7) is 4.00. The molecule has 2 aromatic rings. The molecule has 0 spiro atoms. The van der Waals surface area contributed by atoms with Gasteiger partial charge < -0.3 is 10.1 Å². The zero-order valence-electron chi connectivity index (χ0n) is 11.1. The van der Waals surface area contributed by atoms with Crippen molar-refractivity contribution in [3.05, 3.63) is 59.7 Å². The van der Waals surface area contributed by atoms with Crippen molar-refractivity contribution in [2.75, 3.05) is 0 Å². The monoisotopic (exact) mass is 255 g/mol. The number of carbonyl (C=O) groups is 1. The SMILES string of the molecule is CC.O=CNC1c2ccccc2Oc2ccccc21. The van der Waals surface area contributed by atoms with Crippen LogP contribution in [-0.2, 0) is 4.79 Å². The summed E-state index contributed by atoms with van der Waals surface area (Å²) in [4.78, 5) is 10.7. The molecule has 98 valence electrons. The van der Waals surface area contributed by atoms with Gasteiger partial charge in [-0.2, -0.15) is 0 Å². The Kier molecular flexibility index (Phi) is 4.18. The van der Waals surface area contributed by atoms with Crippen LogP contribution in [0.2, 0.25) is 0 Å². The number of hydrogen-bond acceptors (Lipinski definition) is 2. The van der Waals surface area contributed by atoms with Crippen molar-refractivity contribution in [2.24, 2.45) is 0 Å². The van der Waals surface area contributed by atoms with Crippen LogP contribution in [0.25, 0.3) is 0 Å². The van der Waals surface area contributed by atoms with Gasteiger partial charge in [-0.1, -0.05) is 50.2 Å². The van der Waals surface area contributed by atoms with E-state index < -0.39 is 0 Å². The largest absolute Gasteiger partial charge is 0.457 e. The van der Waals surface area contributed by atoms with E-state index in [1.54, 1.807) is 0 Å². The molecule has 0 radical (unpaired) electrons. The molecule has 1 heterocycles. The summed E-state index contributed by atoms with van der Waals surface area (Å²) >= 11 is 0. The number of para-hydroxylation sites is 2. The Bertz CT molecular complexity index is 521. The van der Waals surface area contributed by atoms with Crippen molar-refractivity contribution < 1.29 is 9.53 Å². The van der Waals surface area contributed by atoms with E-state index in [-0.39, 0.29) is 6.04 Å². The van der Waals surface area contributed by atoms with Crippen LogP contribution in [0.3, 0.4) is 0 Å². The van der Waals surface area contributed by atoms with E-state index in [4.69, 9.17) is 4.74 Å². The molecule has 0 bridgehead atoms. The second-order valence-corrected chi connectivity index (χ2v) is 3.90. The summed E-state index contributed by atoms with van der Waals surface area (Å²) in [6, 6.07) is 15.3. The van der Waals surface area contributed by atoms with E-state index in [9.17, 15) is 4.79 Å². The van der Waals surface area contributed by atoms with Gasteiger partial charge >= 0.3 is 0 Å². The maximum Gasteiger partial charge on any atom is 0.207 e. The minimum atomic E-state index is -0.131. The fraction of sp³-hybridized carbons (Fsp3) is 0.188. The number of fused-ring (bicyclic) bond motifs is 2. The molecule has 0 aromatic heterocycles. The molecule has 0 aliphatic carbocycles. The van der Waals surface area contributed by atoms with Crippen molar-refractivity contribution in [1.82, 2.24) is 5.32 Å². The second-order valence-electron chi connectivity index (χ2n) is 3.90. The molecule has 19 heavy (non-hydrogen) atoms. The molecule has 0 fully saturated rings. The number of benzene rings is 2. The molecular formula is C16H17NO2. The number of nitrogens with one attached hydrogen (secondary N) is 1. The van der Waals surface area contributed by atoms with Crippen molar-refractivity contribution >= 4 is 6.41 Å². The molecule has 3 rings (SSSR count). The molecule has 0 unspecified atom stereocenters. The Morgan fingerprint density at radius 1 is 0.947 bits per heavy atom. The van der Waals surface area contributed by atoms with Gasteiger partial charge in [-0.3, -0.25) is 4.79 Å². The summed E-state index contributed by atoms with van der Waals surface area (Å²) in [7, 11) is 0. The van der Waals surface area contributed by atoms with E-state index in [2.05, 4.69) is 5.32 Å². The van der Waals surface area contributed by atoms with Gasteiger partial charge in [0.25, 0.3) is 0 Å². The first-order valence-electron chi connectivity index (χ1n) is 6.45. The quantitative estimate of drug-likeness (QED) is 0.832. The Balaban J connectivity index is 0.000000637. The topological polar surface area (TPSA) is 38.3 Å². The van der Waals surface area contributed by atoms with Gasteiger partial charge in [0.2, 0.25) is 6.41 Å². The summed E-state index contributed by atoms with van der Waals surface area (Å²) < 4.78 is 5.80. The summed E-state index contributed by atoms with van der Waals surface area (Å²) in [5, 5.41) is 2.84. The molecule has 1 aliphatic rings. The highest BCUT2D eigenvalue weighted by Crippen LogP contribution is 2.42. The van der Waals surface area contributed by atoms with E-state index in [0.717, 1.165) is 29.0 Å². The average molecular weight is 255 g/mol. The molecule has 3 nitrogen and oxygen atoms in total. The zero-order valence-corrected chi connectivity index (χ0v) is 11.1. The Labute approximate surface area is 113 Å². The Morgan fingerprint density at radius 2 is 1.42 bits per heavy atom. The first-order valence-corrected chi connectivity index (χ1v) is 6.45. The highest BCUT2D eigenvalue weighted by molar-refractivity contribution is 5.58. The van der Waals surface area contributed by atoms with Crippen LogP contribution in [0.4, 0.5) is 0 Å². The van der Waals surface area contributed by atoms with Crippen molar-refractivity contribution in [3.8, 4) is 11.5 Å². The van der Waals surface area contributed by atoms with Crippen LogP contribution in [-0.4, -0.2) is 6.41 Å². The van der Waals surface area contributed by atoms with Gasteiger partial charge in [-0.15, -0.1) is 0 Å². The van der Waals surface area contributed by atoms with E-state index in [1.807, 2.05) is 62.4 Å². The number of rotatable bonds is 2.